The maximum absolute atomic E-state index is 12.7. The second-order valence-corrected chi connectivity index (χ2v) is 12.0. The Balaban J connectivity index is 1.25. The number of ether oxygens (including phenoxy) is 2. The molecule has 0 spiro atoms. The van der Waals surface area contributed by atoms with Crippen molar-refractivity contribution in [2.75, 3.05) is 12.9 Å². The smallest absolute Gasteiger partial charge is 0.250 e. The van der Waals surface area contributed by atoms with Crippen molar-refractivity contribution in [3.05, 3.63) is 120 Å². The van der Waals surface area contributed by atoms with Gasteiger partial charge in [-0.2, -0.15) is 5.10 Å². The van der Waals surface area contributed by atoms with Crippen LogP contribution in [0.4, 0.5) is 0 Å². The van der Waals surface area contributed by atoms with Gasteiger partial charge in [0.25, 0.3) is 5.91 Å². The number of hydrogen-bond acceptors (Lipinski definition) is 7. The van der Waals surface area contributed by atoms with Crippen LogP contribution in [0.15, 0.2) is 113 Å². The first kappa shape index (κ1) is 30.6. The number of aromatic nitrogens is 3. The summed E-state index contributed by atoms with van der Waals surface area (Å²) in [4.78, 5) is 12.7. The molecule has 0 saturated heterocycles. The molecule has 0 radical (unpaired) electrons. The van der Waals surface area contributed by atoms with E-state index in [9.17, 15) is 4.79 Å². The summed E-state index contributed by atoms with van der Waals surface area (Å²) >= 11 is 1.30. The summed E-state index contributed by atoms with van der Waals surface area (Å²) in [7, 11) is 1.60. The number of carbonyl (C=O) groups is 1. The standard InChI is InChI=1S/C35H35N5O3S/c1-35(2,3)28-18-16-27(17-19-28)33-38-39-34(40(33)29-13-9-6-10-14-29)44-24-32(41)37-36-22-26-15-20-30(42-4)31(21-26)43-23-25-11-7-5-8-12-25/h5-22H,23-24H2,1-4H3,(H,37,41)/b36-22+. The summed E-state index contributed by atoms with van der Waals surface area (Å²) in [6.07, 6.45) is 1.57. The lowest BCUT2D eigenvalue weighted by Crippen LogP contribution is -2.20. The van der Waals surface area contributed by atoms with E-state index in [-0.39, 0.29) is 17.1 Å². The molecule has 4 aromatic carbocycles. The second kappa shape index (κ2) is 14.1. The van der Waals surface area contributed by atoms with Gasteiger partial charge in [-0.3, -0.25) is 9.36 Å². The van der Waals surface area contributed by atoms with Gasteiger partial charge in [-0.15, -0.1) is 10.2 Å². The van der Waals surface area contributed by atoms with Crippen LogP contribution in [0.5, 0.6) is 11.5 Å². The minimum absolute atomic E-state index is 0.0499. The highest BCUT2D eigenvalue weighted by Crippen LogP contribution is 2.31. The van der Waals surface area contributed by atoms with Crippen molar-refractivity contribution in [3.8, 4) is 28.6 Å². The molecule has 0 aliphatic carbocycles. The Morgan fingerprint density at radius 2 is 1.61 bits per heavy atom. The van der Waals surface area contributed by atoms with Crippen LogP contribution in [0.2, 0.25) is 0 Å². The summed E-state index contributed by atoms with van der Waals surface area (Å²) < 4.78 is 13.4. The first-order chi connectivity index (χ1) is 21.3. The number of methoxy groups -OCH3 is 1. The Kier molecular flexibility index (Phi) is 9.76. The Labute approximate surface area is 262 Å². The monoisotopic (exact) mass is 605 g/mol. The SMILES string of the molecule is COc1ccc(/C=N/NC(=O)CSc2nnc(-c3ccc(C(C)(C)C)cc3)n2-c2ccccc2)cc1OCc1ccccc1. The third-order valence-corrected chi connectivity index (χ3v) is 7.75. The fourth-order valence-electron chi connectivity index (χ4n) is 4.44. The van der Waals surface area contributed by atoms with E-state index in [1.807, 2.05) is 83.4 Å². The van der Waals surface area contributed by atoms with Gasteiger partial charge in [0.15, 0.2) is 22.5 Å². The molecule has 0 unspecified atom stereocenters. The molecule has 1 amide bonds. The van der Waals surface area contributed by atoms with Crippen LogP contribution >= 0.6 is 11.8 Å². The molecule has 0 saturated carbocycles. The molecule has 224 valence electrons. The minimum atomic E-state index is -0.265. The van der Waals surface area contributed by atoms with Crippen molar-refractivity contribution in [2.24, 2.45) is 5.10 Å². The van der Waals surface area contributed by atoms with Crippen molar-refractivity contribution in [1.29, 1.82) is 0 Å². The van der Waals surface area contributed by atoms with Crippen molar-refractivity contribution in [3.63, 3.8) is 0 Å². The van der Waals surface area contributed by atoms with Gasteiger partial charge in [-0.25, -0.2) is 5.43 Å². The molecular formula is C35H35N5O3S. The van der Waals surface area contributed by atoms with Crippen LogP contribution in [-0.4, -0.2) is 39.7 Å². The molecule has 8 nitrogen and oxygen atoms in total. The highest BCUT2D eigenvalue weighted by molar-refractivity contribution is 7.99. The lowest BCUT2D eigenvalue weighted by Gasteiger charge is -2.19. The zero-order chi connectivity index (χ0) is 30.9. The number of nitrogens with one attached hydrogen (secondary N) is 1. The van der Waals surface area contributed by atoms with Crippen LogP contribution in [0, 0.1) is 0 Å². The molecule has 9 heteroatoms. The normalized spacial score (nSPS) is 11.5. The van der Waals surface area contributed by atoms with Gasteiger partial charge < -0.3 is 9.47 Å². The number of thioether (sulfide) groups is 1. The Morgan fingerprint density at radius 3 is 2.30 bits per heavy atom. The first-order valence-corrected chi connectivity index (χ1v) is 15.2. The maximum atomic E-state index is 12.7. The molecule has 0 aliphatic rings. The molecule has 0 aliphatic heterocycles. The van der Waals surface area contributed by atoms with Crippen LogP contribution in [-0.2, 0) is 16.8 Å². The van der Waals surface area contributed by atoms with E-state index in [4.69, 9.17) is 9.47 Å². The lowest BCUT2D eigenvalue weighted by molar-refractivity contribution is -0.118. The van der Waals surface area contributed by atoms with E-state index >= 15 is 0 Å². The molecule has 44 heavy (non-hydrogen) atoms. The van der Waals surface area contributed by atoms with Crippen LogP contribution < -0.4 is 14.9 Å². The highest BCUT2D eigenvalue weighted by atomic mass is 32.2. The van der Waals surface area contributed by atoms with Gasteiger partial charge in [0.05, 0.1) is 19.1 Å². The van der Waals surface area contributed by atoms with E-state index in [0.29, 0.717) is 29.1 Å². The Bertz CT molecular complexity index is 1710. The number of rotatable bonds is 11. The van der Waals surface area contributed by atoms with E-state index in [1.54, 1.807) is 13.3 Å². The molecule has 0 bridgehead atoms. The molecule has 1 N–H and O–H groups in total. The van der Waals surface area contributed by atoms with Crippen LogP contribution in [0.3, 0.4) is 0 Å². The van der Waals surface area contributed by atoms with Gasteiger partial charge in [-0.05, 0) is 52.4 Å². The lowest BCUT2D eigenvalue weighted by atomic mass is 9.87. The predicted molar refractivity (Wildman–Crippen MR) is 176 cm³/mol. The minimum Gasteiger partial charge on any atom is -0.493 e. The fraction of sp³-hybridized carbons (Fsp3) is 0.200. The fourth-order valence-corrected chi connectivity index (χ4v) is 5.19. The van der Waals surface area contributed by atoms with Crippen molar-refractivity contribution in [2.45, 2.75) is 37.9 Å². The molecule has 0 atom stereocenters. The first-order valence-electron chi connectivity index (χ1n) is 14.2. The average Bonchev–Trinajstić information content (AvgIpc) is 3.47. The van der Waals surface area contributed by atoms with Crippen LogP contribution in [0.25, 0.3) is 17.1 Å². The number of carbonyl (C=O) groups excluding carboxylic acids is 1. The molecule has 1 heterocycles. The largest absolute Gasteiger partial charge is 0.493 e. The summed E-state index contributed by atoms with van der Waals surface area (Å²) in [5, 5.41) is 13.7. The van der Waals surface area contributed by atoms with E-state index in [0.717, 1.165) is 22.4 Å². The quantitative estimate of drug-likeness (QED) is 0.0985. The summed E-state index contributed by atoms with van der Waals surface area (Å²) in [5.74, 6) is 1.76. The van der Waals surface area contributed by atoms with Crippen molar-refractivity contribution < 1.29 is 14.3 Å². The maximum Gasteiger partial charge on any atom is 0.250 e. The van der Waals surface area contributed by atoms with Crippen molar-refractivity contribution >= 4 is 23.9 Å². The van der Waals surface area contributed by atoms with Gasteiger partial charge >= 0.3 is 0 Å². The molecular weight excluding hydrogens is 570 g/mol. The molecule has 5 rings (SSSR count). The third kappa shape index (κ3) is 7.73. The number of nitrogens with zero attached hydrogens (tertiary/aromatic N) is 4. The topological polar surface area (TPSA) is 90.6 Å². The zero-order valence-corrected chi connectivity index (χ0v) is 26.0. The summed E-state index contributed by atoms with van der Waals surface area (Å²) in [6.45, 7) is 6.97. The highest BCUT2D eigenvalue weighted by Gasteiger charge is 2.19. The number of para-hydroxylation sites is 1. The number of hydrogen-bond donors (Lipinski definition) is 1. The van der Waals surface area contributed by atoms with E-state index in [2.05, 4.69) is 65.8 Å². The number of amides is 1. The average molecular weight is 606 g/mol. The summed E-state index contributed by atoms with van der Waals surface area (Å²) in [5.41, 5.74) is 7.56. The number of hydrazone groups is 1. The van der Waals surface area contributed by atoms with Gasteiger partial charge in [0.2, 0.25) is 0 Å². The van der Waals surface area contributed by atoms with Gasteiger partial charge in [-0.1, -0.05) is 105 Å². The zero-order valence-electron chi connectivity index (χ0n) is 25.2. The van der Waals surface area contributed by atoms with E-state index < -0.39 is 0 Å². The van der Waals surface area contributed by atoms with Gasteiger partial charge in [0.1, 0.15) is 6.61 Å². The molecule has 1 aromatic heterocycles. The van der Waals surface area contributed by atoms with Crippen LogP contribution in [0.1, 0.15) is 37.5 Å². The Hall–Kier alpha value is -4.89. The third-order valence-electron chi connectivity index (χ3n) is 6.82. The predicted octanol–water partition coefficient (Wildman–Crippen LogP) is 7.06. The number of benzene rings is 4. The van der Waals surface area contributed by atoms with E-state index in [1.165, 1.54) is 17.3 Å². The van der Waals surface area contributed by atoms with Crippen molar-refractivity contribution in [1.82, 2.24) is 20.2 Å². The summed E-state index contributed by atoms with van der Waals surface area (Å²) in [6, 6.07) is 33.6. The molecule has 0 fully saturated rings. The molecule has 5 aromatic rings. The second-order valence-electron chi connectivity index (χ2n) is 11.1. The van der Waals surface area contributed by atoms with Gasteiger partial charge in [0, 0.05) is 11.3 Å². The Morgan fingerprint density at radius 1 is 0.909 bits per heavy atom.